The van der Waals surface area contributed by atoms with Crippen LogP contribution in [0.2, 0.25) is 5.02 Å². The highest BCUT2D eigenvalue weighted by Gasteiger charge is 2.27. The molecule has 0 unspecified atom stereocenters. The van der Waals surface area contributed by atoms with Crippen molar-refractivity contribution in [2.24, 2.45) is 0 Å². The number of rotatable bonds is 6. The lowest BCUT2D eigenvalue weighted by Gasteiger charge is -2.26. The minimum absolute atomic E-state index is 0.0189. The lowest BCUT2D eigenvalue weighted by Crippen LogP contribution is -2.35. The first-order chi connectivity index (χ1) is 14.2. The van der Waals surface area contributed by atoms with E-state index in [9.17, 15) is 23.3 Å². The number of anilines is 1. The van der Waals surface area contributed by atoms with Gasteiger partial charge in [-0.3, -0.25) is 14.9 Å². The first-order valence-corrected chi connectivity index (χ1v) is 11.0. The van der Waals surface area contributed by atoms with Gasteiger partial charge in [0.25, 0.3) is 11.6 Å². The van der Waals surface area contributed by atoms with Crippen LogP contribution in [0.1, 0.15) is 29.6 Å². The highest BCUT2D eigenvalue weighted by Crippen LogP contribution is 2.31. The quantitative estimate of drug-likeness (QED) is 0.526. The van der Waals surface area contributed by atoms with E-state index in [1.165, 1.54) is 47.8 Å². The van der Waals surface area contributed by atoms with Crippen molar-refractivity contribution in [3.05, 3.63) is 57.1 Å². The van der Waals surface area contributed by atoms with Crippen molar-refractivity contribution in [2.75, 3.05) is 25.5 Å². The molecule has 0 radical (unpaired) electrons. The standard InChI is InChI=1S/C19H20ClN3O6S/c1-29-18-11-13(23(25)26)5-8-17(18)21-19(24)15-12-14(6-7-16(15)20)30(27,28)22-9-3-2-4-10-22/h5-8,11-12H,2-4,9-10H2,1H3,(H,21,24). The summed E-state index contributed by atoms with van der Waals surface area (Å²) in [4.78, 5) is 23.1. The molecule has 3 rings (SSSR count). The van der Waals surface area contributed by atoms with Gasteiger partial charge in [0.05, 0.1) is 39.3 Å². The highest BCUT2D eigenvalue weighted by atomic mass is 35.5. The normalized spacial score (nSPS) is 14.9. The van der Waals surface area contributed by atoms with Gasteiger partial charge in [0.1, 0.15) is 5.75 Å². The highest BCUT2D eigenvalue weighted by molar-refractivity contribution is 7.89. The summed E-state index contributed by atoms with van der Waals surface area (Å²) in [5.74, 6) is -0.575. The van der Waals surface area contributed by atoms with Crippen LogP contribution in [0.25, 0.3) is 0 Å². The molecule has 1 aliphatic heterocycles. The molecular formula is C19H20ClN3O6S. The van der Waals surface area contributed by atoms with Crippen LogP contribution in [0.3, 0.4) is 0 Å². The molecule has 0 spiro atoms. The average molecular weight is 454 g/mol. The molecule has 0 aliphatic carbocycles. The van der Waals surface area contributed by atoms with Gasteiger partial charge in [0.15, 0.2) is 0 Å². The summed E-state index contributed by atoms with van der Waals surface area (Å²) in [7, 11) is -2.43. The third-order valence-corrected chi connectivity index (χ3v) is 7.00. The van der Waals surface area contributed by atoms with Gasteiger partial charge in [-0.15, -0.1) is 0 Å². The molecular weight excluding hydrogens is 434 g/mol. The zero-order chi connectivity index (χ0) is 21.9. The molecule has 1 saturated heterocycles. The molecule has 2 aromatic carbocycles. The van der Waals surface area contributed by atoms with E-state index < -0.39 is 20.9 Å². The molecule has 0 saturated carbocycles. The second-order valence-corrected chi connectivity index (χ2v) is 9.05. The van der Waals surface area contributed by atoms with Crippen LogP contribution < -0.4 is 10.1 Å². The van der Waals surface area contributed by atoms with E-state index in [4.69, 9.17) is 16.3 Å². The number of ether oxygens (including phenoxy) is 1. The zero-order valence-corrected chi connectivity index (χ0v) is 17.7. The van der Waals surface area contributed by atoms with E-state index in [0.29, 0.717) is 13.1 Å². The van der Waals surface area contributed by atoms with Gasteiger partial charge in [0, 0.05) is 19.2 Å². The first kappa shape index (κ1) is 22.0. The summed E-state index contributed by atoms with van der Waals surface area (Å²) >= 11 is 6.14. The maximum Gasteiger partial charge on any atom is 0.273 e. The second kappa shape index (κ2) is 8.99. The Labute approximate surface area is 178 Å². The Balaban J connectivity index is 1.90. The predicted octanol–water partition coefficient (Wildman–Crippen LogP) is 3.68. The summed E-state index contributed by atoms with van der Waals surface area (Å²) in [5, 5.41) is 13.6. The fourth-order valence-corrected chi connectivity index (χ4v) is 4.93. The van der Waals surface area contributed by atoms with E-state index in [1.54, 1.807) is 0 Å². The van der Waals surface area contributed by atoms with Gasteiger partial charge in [-0.25, -0.2) is 8.42 Å². The van der Waals surface area contributed by atoms with Gasteiger partial charge >= 0.3 is 0 Å². The zero-order valence-electron chi connectivity index (χ0n) is 16.1. The number of methoxy groups -OCH3 is 1. The van der Waals surface area contributed by atoms with Crippen molar-refractivity contribution in [3.8, 4) is 5.75 Å². The number of carbonyl (C=O) groups is 1. The fourth-order valence-electron chi connectivity index (χ4n) is 3.18. The minimum atomic E-state index is -3.74. The molecule has 1 N–H and O–H groups in total. The summed E-state index contributed by atoms with van der Waals surface area (Å²) in [6.07, 6.45) is 2.57. The number of hydrogen-bond donors (Lipinski definition) is 1. The summed E-state index contributed by atoms with van der Waals surface area (Å²) < 4.78 is 32.3. The number of carbonyl (C=O) groups excluding carboxylic acids is 1. The van der Waals surface area contributed by atoms with Gasteiger partial charge in [-0.05, 0) is 37.1 Å². The van der Waals surface area contributed by atoms with Crippen LogP contribution in [0.5, 0.6) is 5.75 Å². The Morgan fingerprint density at radius 3 is 2.50 bits per heavy atom. The predicted molar refractivity (Wildman–Crippen MR) is 112 cm³/mol. The number of benzene rings is 2. The van der Waals surface area contributed by atoms with Crippen LogP contribution in [0.4, 0.5) is 11.4 Å². The molecule has 2 aromatic rings. The van der Waals surface area contributed by atoms with Gasteiger partial charge in [0.2, 0.25) is 10.0 Å². The lowest BCUT2D eigenvalue weighted by molar-refractivity contribution is -0.384. The van der Waals surface area contributed by atoms with E-state index >= 15 is 0 Å². The van der Waals surface area contributed by atoms with E-state index in [2.05, 4.69) is 5.32 Å². The van der Waals surface area contributed by atoms with Gasteiger partial charge in [-0.1, -0.05) is 18.0 Å². The minimum Gasteiger partial charge on any atom is -0.494 e. The van der Waals surface area contributed by atoms with Crippen molar-refractivity contribution in [3.63, 3.8) is 0 Å². The number of amides is 1. The molecule has 160 valence electrons. The molecule has 1 fully saturated rings. The molecule has 1 amide bonds. The molecule has 1 heterocycles. The number of hydrogen-bond acceptors (Lipinski definition) is 6. The van der Waals surface area contributed by atoms with E-state index in [1.807, 2.05) is 0 Å². The number of sulfonamides is 1. The van der Waals surface area contributed by atoms with Crippen LogP contribution in [-0.4, -0.2) is 43.8 Å². The number of non-ortho nitro benzene ring substituents is 1. The van der Waals surface area contributed by atoms with Gasteiger partial charge < -0.3 is 10.1 Å². The smallest absolute Gasteiger partial charge is 0.273 e. The van der Waals surface area contributed by atoms with Crippen LogP contribution >= 0.6 is 11.6 Å². The Kier molecular flexibility index (Phi) is 6.59. The number of nitrogens with zero attached hydrogens (tertiary/aromatic N) is 2. The fraction of sp³-hybridized carbons (Fsp3) is 0.316. The molecule has 0 bridgehead atoms. The third-order valence-electron chi connectivity index (χ3n) is 4.78. The lowest BCUT2D eigenvalue weighted by atomic mass is 10.2. The van der Waals surface area contributed by atoms with Crippen molar-refractivity contribution in [2.45, 2.75) is 24.2 Å². The van der Waals surface area contributed by atoms with Crippen molar-refractivity contribution >= 4 is 38.9 Å². The summed E-state index contributed by atoms with van der Waals surface area (Å²) in [5.41, 5.74) is -0.0406. The molecule has 9 nitrogen and oxygen atoms in total. The second-order valence-electron chi connectivity index (χ2n) is 6.70. The largest absolute Gasteiger partial charge is 0.494 e. The third kappa shape index (κ3) is 4.55. The van der Waals surface area contributed by atoms with Crippen LogP contribution in [0.15, 0.2) is 41.3 Å². The summed E-state index contributed by atoms with van der Waals surface area (Å²) in [6, 6.07) is 7.69. The van der Waals surface area contributed by atoms with Crippen molar-refractivity contribution in [1.82, 2.24) is 4.31 Å². The number of nitro groups is 1. The Hall–Kier alpha value is -2.69. The SMILES string of the molecule is COc1cc([N+](=O)[O-])ccc1NC(=O)c1cc(S(=O)(=O)N2CCCCC2)ccc1Cl. The average Bonchev–Trinajstić information content (AvgIpc) is 2.74. The number of piperidine rings is 1. The maximum absolute atomic E-state index is 12.9. The Bertz CT molecular complexity index is 1080. The van der Waals surface area contributed by atoms with Crippen LogP contribution in [-0.2, 0) is 10.0 Å². The number of nitrogens with one attached hydrogen (secondary N) is 1. The van der Waals surface area contributed by atoms with E-state index in [-0.39, 0.29) is 32.6 Å². The molecule has 11 heteroatoms. The first-order valence-electron chi connectivity index (χ1n) is 9.17. The summed E-state index contributed by atoms with van der Waals surface area (Å²) in [6.45, 7) is 0.874. The molecule has 0 atom stereocenters. The van der Waals surface area contributed by atoms with E-state index in [0.717, 1.165) is 19.3 Å². The Morgan fingerprint density at radius 1 is 1.17 bits per heavy atom. The number of halogens is 1. The maximum atomic E-state index is 12.9. The van der Waals surface area contributed by atoms with Gasteiger partial charge in [-0.2, -0.15) is 4.31 Å². The van der Waals surface area contributed by atoms with Crippen molar-refractivity contribution < 1.29 is 22.9 Å². The molecule has 1 aliphatic rings. The number of nitro benzene ring substituents is 1. The molecule has 0 aromatic heterocycles. The molecule has 30 heavy (non-hydrogen) atoms. The van der Waals surface area contributed by atoms with Crippen LogP contribution in [0, 0.1) is 10.1 Å². The van der Waals surface area contributed by atoms with Crippen molar-refractivity contribution in [1.29, 1.82) is 0 Å². The topological polar surface area (TPSA) is 119 Å². The Morgan fingerprint density at radius 2 is 1.87 bits per heavy atom. The monoisotopic (exact) mass is 453 g/mol.